The standard InChI is InChI=1S/C9H12O2P/c1-7-5-4-6-8(2)9(7)11-12(3)10/h4-6H,1-3H3/q+1. The number of hydrogen-bond acceptors (Lipinski definition) is 2. The maximum absolute atomic E-state index is 10.8. The molecule has 0 amide bonds. The van der Waals surface area contributed by atoms with Crippen molar-refractivity contribution >= 4 is 8.03 Å². The summed E-state index contributed by atoms with van der Waals surface area (Å²) in [5.74, 6) is 0.751. The summed E-state index contributed by atoms with van der Waals surface area (Å²) in [7, 11) is -1.56. The van der Waals surface area contributed by atoms with Gasteiger partial charge >= 0.3 is 8.03 Å². The molecule has 0 radical (unpaired) electrons. The lowest BCUT2D eigenvalue weighted by Gasteiger charge is -2.01. The van der Waals surface area contributed by atoms with Crippen molar-refractivity contribution in [3.05, 3.63) is 29.3 Å². The molecule has 1 rings (SSSR count). The molecule has 64 valence electrons. The van der Waals surface area contributed by atoms with Crippen LogP contribution >= 0.6 is 8.03 Å². The van der Waals surface area contributed by atoms with Gasteiger partial charge in [-0.05, 0) is 29.5 Å². The summed E-state index contributed by atoms with van der Waals surface area (Å²) < 4.78 is 16.0. The average molecular weight is 183 g/mol. The van der Waals surface area contributed by atoms with Gasteiger partial charge in [0.1, 0.15) is 0 Å². The van der Waals surface area contributed by atoms with Crippen molar-refractivity contribution in [2.24, 2.45) is 0 Å². The summed E-state index contributed by atoms with van der Waals surface area (Å²) in [5, 5.41) is 0. The molecule has 0 N–H and O–H groups in total. The van der Waals surface area contributed by atoms with Crippen LogP contribution in [0, 0.1) is 13.8 Å². The molecule has 3 heteroatoms. The van der Waals surface area contributed by atoms with Crippen LogP contribution < -0.4 is 4.52 Å². The first-order chi connectivity index (χ1) is 5.61. The van der Waals surface area contributed by atoms with E-state index in [9.17, 15) is 4.57 Å². The molecule has 0 spiro atoms. The minimum Gasteiger partial charge on any atom is -0.254 e. The van der Waals surface area contributed by atoms with Crippen LogP contribution in [0.5, 0.6) is 5.75 Å². The Kier molecular flexibility index (Phi) is 2.83. The van der Waals surface area contributed by atoms with Gasteiger partial charge in [0.25, 0.3) is 0 Å². The van der Waals surface area contributed by atoms with Crippen LogP contribution in [0.25, 0.3) is 0 Å². The number of benzene rings is 1. The molecule has 0 saturated carbocycles. The van der Waals surface area contributed by atoms with Crippen LogP contribution in [-0.4, -0.2) is 6.66 Å². The van der Waals surface area contributed by atoms with Gasteiger partial charge < -0.3 is 0 Å². The number of aryl methyl sites for hydroxylation is 2. The first-order valence-electron chi connectivity index (χ1n) is 3.76. The van der Waals surface area contributed by atoms with E-state index in [0.29, 0.717) is 0 Å². The molecular weight excluding hydrogens is 171 g/mol. The molecule has 0 bridgehead atoms. The third kappa shape index (κ3) is 2.05. The molecular formula is C9H12O2P+. The summed E-state index contributed by atoms with van der Waals surface area (Å²) >= 11 is 0. The van der Waals surface area contributed by atoms with Gasteiger partial charge in [-0.15, -0.1) is 0 Å². The van der Waals surface area contributed by atoms with Gasteiger partial charge in [0.15, 0.2) is 12.4 Å². The SMILES string of the molecule is Cc1cccc(C)c1O[P+](C)=O. The van der Waals surface area contributed by atoms with Gasteiger partial charge in [-0.2, -0.15) is 0 Å². The molecule has 1 aromatic carbocycles. The monoisotopic (exact) mass is 183 g/mol. The van der Waals surface area contributed by atoms with Gasteiger partial charge in [-0.3, -0.25) is 4.52 Å². The lowest BCUT2D eigenvalue weighted by Crippen LogP contribution is -1.87. The van der Waals surface area contributed by atoms with Gasteiger partial charge in [0, 0.05) is 0 Å². The third-order valence-electron chi connectivity index (χ3n) is 1.63. The Morgan fingerprint density at radius 1 is 1.25 bits per heavy atom. The second-order valence-electron chi connectivity index (χ2n) is 2.75. The molecule has 0 aliphatic heterocycles. The minimum absolute atomic E-state index is 0.751. The van der Waals surface area contributed by atoms with Crippen LogP contribution in [0.2, 0.25) is 0 Å². The molecule has 1 unspecified atom stereocenters. The van der Waals surface area contributed by atoms with Crippen molar-refractivity contribution in [2.45, 2.75) is 13.8 Å². The van der Waals surface area contributed by atoms with Gasteiger partial charge in [-0.25, -0.2) is 0 Å². The number of para-hydroxylation sites is 1. The van der Waals surface area contributed by atoms with Crippen LogP contribution in [0.1, 0.15) is 11.1 Å². The van der Waals surface area contributed by atoms with E-state index in [1.807, 2.05) is 32.0 Å². The van der Waals surface area contributed by atoms with Gasteiger partial charge in [0.05, 0.1) is 0 Å². The molecule has 0 aliphatic rings. The van der Waals surface area contributed by atoms with E-state index in [1.165, 1.54) is 0 Å². The maximum atomic E-state index is 10.8. The van der Waals surface area contributed by atoms with Crippen LogP contribution in [-0.2, 0) is 4.57 Å². The summed E-state index contributed by atoms with van der Waals surface area (Å²) in [6.45, 7) is 5.45. The molecule has 2 nitrogen and oxygen atoms in total. The molecule has 0 aromatic heterocycles. The topological polar surface area (TPSA) is 26.3 Å². The zero-order valence-corrected chi connectivity index (χ0v) is 8.39. The van der Waals surface area contributed by atoms with E-state index >= 15 is 0 Å². The molecule has 1 atom stereocenters. The Bertz CT molecular complexity index is 287. The predicted molar refractivity (Wildman–Crippen MR) is 50.1 cm³/mol. The second-order valence-corrected chi connectivity index (χ2v) is 3.81. The van der Waals surface area contributed by atoms with Crippen molar-refractivity contribution in [1.29, 1.82) is 0 Å². The number of rotatable bonds is 2. The Balaban J connectivity index is 3.04. The smallest absolute Gasteiger partial charge is 0.254 e. The van der Waals surface area contributed by atoms with Crippen LogP contribution in [0.4, 0.5) is 0 Å². The van der Waals surface area contributed by atoms with Crippen molar-refractivity contribution in [3.63, 3.8) is 0 Å². The molecule has 0 heterocycles. The number of hydrogen-bond donors (Lipinski definition) is 0. The Labute approximate surface area is 73.4 Å². The van der Waals surface area contributed by atoms with Crippen molar-refractivity contribution in [3.8, 4) is 5.75 Å². The lowest BCUT2D eigenvalue weighted by molar-refractivity contribution is 0.507. The average Bonchev–Trinajstić information content (AvgIpc) is 1.97. The predicted octanol–water partition coefficient (Wildman–Crippen LogP) is 3.05. The zero-order valence-electron chi connectivity index (χ0n) is 7.50. The fraction of sp³-hybridized carbons (Fsp3) is 0.333. The molecule has 0 fully saturated rings. The quantitative estimate of drug-likeness (QED) is 0.658. The fourth-order valence-corrected chi connectivity index (χ4v) is 1.62. The molecule has 12 heavy (non-hydrogen) atoms. The van der Waals surface area contributed by atoms with E-state index in [4.69, 9.17) is 4.52 Å². The van der Waals surface area contributed by atoms with Crippen LogP contribution in [0.3, 0.4) is 0 Å². The van der Waals surface area contributed by atoms with Crippen molar-refractivity contribution in [1.82, 2.24) is 0 Å². The summed E-state index contributed by atoms with van der Waals surface area (Å²) in [5.41, 5.74) is 2.06. The van der Waals surface area contributed by atoms with Crippen molar-refractivity contribution < 1.29 is 9.09 Å². The van der Waals surface area contributed by atoms with Crippen LogP contribution in [0.15, 0.2) is 18.2 Å². The lowest BCUT2D eigenvalue weighted by atomic mass is 10.1. The fourth-order valence-electron chi connectivity index (χ4n) is 1.07. The summed E-state index contributed by atoms with van der Waals surface area (Å²) in [6.07, 6.45) is 0. The van der Waals surface area contributed by atoms with E-state index in [0.717, 1.165) is 16.9 Å². The van der Waals surface area contributed by atoms with E-state index in [-0.39, 0.29) is 0 Å². The maximum Gasteiger partial charge on any atom is 0.552 e. The molecule has 1 aromatic rings. The van der Waals surface area contributed by atoms with Crippen molar-refractivity contribution in [2.75, 3.05) is 6.66 Å². The van der Waals surface area contributed by atoms with E-state index in [1.54, 1.807) is 6.66 Å². The Morgan fingerprint density at radius 2 is 1.75 bits per heavy atom. The highest BCUT2D eigenvalue weighted by molar-refractivity contribution is 7.38. The highest BCUT2D eigenvalue weighted by atomic mass is 31.1. The summed E-state index contributed by atoms with van der Waals surface area (Å²) in [4.78, 5) is 0. The molecule has 0 aliphatic carbocycles. The first-order valence-corrected chi connectivity index (χ1v) is 5.39. The largest absolute Gasteiger partial charge is 0.552 e. The first kappa shape index (κ1) is 9.21. The van der Waals surface area contributed by atoms with E-state index < -0.39 is 8.03 Å². The highest BCUT2D eigenvalue weighted by Crippen LogP contribution is 2.29. The normalized spacial score (nSPS) is 11.1. The van der Waals surface area contributed by atoms with E-state index in [2.05, 4.69) is 0 Å². The Hall–Kier alpha value is -0.880. The zero-order chi connectivity index (χ0) is 9.14. The molecule has 0 saturated heterocycles. The second kappa shape index (κ2) is 3.68. The van der Waals surface area contributed by atoms with Gasteiger partial charge in [0.2, 0.25) is 0 Å². The summed E-state index contributed by atoms with van der Waals surface area (Å²) in [6, 6.07) is 5.85. The third-order valence-corrected chi connectivity index (χ3v) is 2.07. The Morgan fingerprint density at radius 3 is 2.17 bits per heavy atom. The minimum atomic E-state index is -1.56. The van der Waals surface area contributed by atoms with Gasteiger partial charge in [-0.1, -0.05) is 18.2 Å². The highest BCUT2D eigenvalue weighted by Gasteiger charge is 2.13.